The van der Waals surface area contributed by atoms with Crippen molar-refractivity contribution in [3.05, 3.63) is 39.9 Å². The Labute approximate surface area is 104 Å². The predicted octanol–water partition coefficient (Wildman–Crippen LogP) is 1.72. The summed E-state index contributed by atoms with van der Waals surface area (Å²) in [5.41, 5.74) is 0.139. The number of carbonyl (C=O) groups is 1. The van der Waals surface area contributed by atoms with Gasteiger partial charge in [0.1, 0.15) is 6.04 Å². The molecular weight excluding hydrogens is 234 g/mol. The zero-order chi connectivity index (χ0) is 13.1. The topological polar surface area (TPSA) is 87.2 Å². The highest BCUT2D eigenvalue weighted by Crippen LogP contribution is 2.21. The Balaban J connectivity index is 2.26. The Morgan fingerprint density at radius 2 is 2.33 bits per heavy atom. The quantitative estimate of drug-likeness (QED) is 0.586. The van der Waals surface area contributed by atoms with Crippen molar-refractivity contribution in [2.24, 2.45) is 0 Å². The number of benzene rings is 1. The summed E-state index contributed by atoms with van der Waals surface area (Å²) in [5.74, 6) is -0.317. The summed E-state index contributed by atoms with van der Waals surface area (Å²) in [6.45, 7) is 0.528. The number of rotatable bonds is 2. The Hall–Kier alpha value is -2.42. The molecule has 0 bridgehead atoms. The summed E-state index contributed by atoms with van der Waals surface area (Å²) in [7, 11) is 0. The minimum absolute atomic E-state index is 0.117. The Morgan fingerprint density at radius 1 is 1.56 bits per heavy atom. The van der Waals surface area contributed by atoms with Gasteiger partial charge in [-0.25, -0.2) is 0 Å². The molecule has 0 aromatic heterocycles. The van der Waals surface area contributed by atoms with E-state index >= 15 is 0 Å². The van der Waals surface area contributed by atoms with Crippen LogP contribution in [0.15, 0.2) is 24.3 Å². The van der Waals surface area contributed by atoms with Gasteiger partial charge in [-0.2, -0.15) is 5.26 Å². The number of amides is 1. The molecule has 1 fully saturated rings. The summed E-state index contributed by atoms with van der Waals surface area (Å²) < 4.78 is 0. The van der Waals surface area contributed by atoms with Crippen molar-refractivity contribution in [1.29, 1.82) is 5.26 Å². The standard InChI is InChI=1S/C12H11N3O3/c13-8-11-5-2-6-14(11)12(16)9-3-1-4-10(7-9)15(17)18/h1,3-4,7,11H,2,5-6H2. The lowest BCUT2D eigenvalue weighted by atomic mass is 10.1. The summed E-state index contributed by atoms with van der Waals surface area (Å²) in [6, 6.07) is 7.24. The number of carbonyl (C=O) groups excluding carboxylic acids is 1. The lowest BCUT2D eigenvalue weighted by Gasteiger charge is -2.19. The van der Waals surface area contributed by atoms with Gasteiger partial charge in [-0.05, 0) is 18.9 Å². The van der Waals surface area contributed by atoms with Crippen molar-refractivity contribution in [3.8, 4) is 6.07 Å². The van der Waals surface area contributed by atoms with Crippen molar-refractivity contribution < 1.29 is 9.72 Å². The van der Waals surface area contributed by atoms with E-state index in [1.54, 1.807) is 0 Å². The molecule has 1 aromatic carbocycles. The fraction of sp³-hybridized carbons (Fsp3) is 0.333. The minimum atomic E-state index is -0.539. The number of nitro benzene ring substituents is 1. The molecule has 1 unspecified atom stereocenters. The zero-order valence-corrected chi connectivity index (χ0v) is 9.57. The summed E-state index contributed by atoms with van der Waals surface area (Å²) in [5, 5.41) is 19.6. The van der Waals surface area contributed by atoms with Gasteiger partial charge in [0.15, 0.2) is 0 Å². The van der Waals surface area contributed by atoms with Gasteiger partial charge in [0, 0.05) is 24.2 Å². The Bertz CT molecular complexity index is 536. The first kappa shape index (κ1) is 12.0. The van der Waals surface area contributed by atoms with Crippen LogP contribution in [0.5, 0.6) is 0 Å². The first-order valence-corrected chi connectivity index (χ1v) is 5.58. The van der Waals surface area contributed by atoms with Crippen LogP contribution in [-0.2, 0) is 0 Å². The summed E-state index contributed by atoms with van der Waals surface area (Å²) in [4.78, 5) is 23.7. The molecule has 1 aliphatic heterocycles. The lowest BCUT2D eigenvalue weighted by Crippen LogP contribution is -2.34. The second kappa shape index (κ2) is 4.84. The monoisotopic (exact) mass is 245 g/mol. The molecule has 0 aliphatic carbocycles. The maximum absolute atomic E-state index is 12.1. The molecule has 0 radical (unpaired) electrons. The number of nitrogens with zero attached hydrogens (tertiary/aromatic N) is 3. The number of nitriles is 1. The number of non-ortho nitro benzene ring substituents is 1. The number of hydrogen-bond acceptors (Lipinski definition) is 4. The van der Waals surface area contributed by atoms with E-state index in [1.807, 2.05) is 0 Å². The predicted molar refractivity (Wildman–Crippen MR) is 62.8 cm³/mol. The van der Waals surface area contributed by atoms with Crippen LogP contribution in [0.3, 0.4) is 0 Å². The van der Waals surface area contributed by atoms with Gasteiger partial charge in [0.05, 0.1) is 11.0 Å². The normalized spacial score (nSPS) is 18.4. The summed E-state index contributed by atoms with van der Waals surface area (Å²) >= 11 is 0. The van der Waals surface area contributed by atoms with E-state index in [-0.39, 0.29) is 17.2 Å². The van der Waals surface area contributed by atoms with E-state index in [0.29, 0.717) is 13.0 Å². The average Bonchev–Trinajstić information content (AvgIpc) is 2.86. The molecule has 0 spiro atoms. The first-order valence-electron chi connectivity index (χ1n) is 5.58. The second-order valence-corrected chi connectivity index (χ2v) is 4.09. The van der Waals surface area contributed by atoms with E-state index in [9.17, 15) is 14.9 Å². The number of nitro groups is 1. The molecule has 6 heteroatoms. The fourth-order valence-electron chi connectivity index (χ4n) is 2.06. The highest BCUT2D eigenvalue weighted by atomic mass is 16.6. The van der Waals surface area contributed by atoms with Gasteiger partial charge in [-0.3, -0.25) is 14.9 Å². The Kier molecular flexibility index (Phi) is 3.24. The molecule has 1 atom stereocenters. The average molecular weight is 245 g/mol. The van der Waals surface area contributed by atoms with Gasteiger partial charge in [-0.15, -0.1) is 0 Å². The van der Waals surface area contributed by atoms with Gasteiger partial charge in [0.2, 0.25) is 0 Å². The molecule has 6 nitrogen and oxygen atoms in total. The van der Waals surface area contributed by atoms with Crippen molar-refractivity contribution >= 4 is 11.6 Å². The zero-order valence-electron chi connectivity index (χ0n) is 9.57. The SMILES string of the molecule is N#CC1CCCN1C(=O)c1cccc([N+](=O)[O-])c1. The third kappa shape index (κ3) is 2.15. The van der Waals surface area contributed by atoms with Crippen LogP contribution >= 0.6 is 0 Å². The minimum Gasteiger partial charge on any atom is -0.323 e. The van der Waals surface area contributed by atoms with Crippen LogP contribution in [0.25, 0.3) is 0 Å². The molecule has 1 saturated heterocycles. The number of likely N-dealkylation sites (tertiary alicyclic amines) is 1. The number of hydrogen-bond donors (Lipinski definition) is 0. The third-order valence-electron chi connectivity index (χ3n) is 2.97. The van der Waals surface area contributed by atoms with Crippen LogP contribution < -0.4 is 0 Å². The van der Waals surface area contributed by atoms with E-state index in [0.717, 1.165) is 6.42 Å². The van der Waals surface area contributed by atoms with Gasteiger partial charge >= 0.3 is 0 Å². The molecule has 92 valence electrons. The molecule has 1 aliphatic rings. The first-order chi connectivity index (χ1) is 8.63. The third-order valence-corrected chi connectivity index (χ3v) is 2.97. The van der Waals surface area contributed by atoms with E-state index < -0.39 is 11.0 Å². The fourth-order valence-corrected chi connectivity index (χ4v) is 2.06. The van der Waals surface area contributed by atoms with Crippen molar-refractivity contribution in [2.75, 3.05) is 6.54 Å². The molecular formula is C12H11N3O3. The smallest absolute Gasteiger partial charge is 0.270 e. The lowest BCUT2D eigenvalue weighted by molar-refractivity contribution is -0.384. The van der Waals surface area contributed by atoms with Crippen LogP contribution in [0, 0.1) is 21.4 Å². The highest BCUT2D eigenvalue weighted by molar-refractivity contribution is 5.95. The van der Waals surface area contributed by atoms with Crippen LogP contribution in [-0.4, -0.2) is 28.3 Å². The molecule has 0 N–H and O–H groups in total. The van der Waals surface area contributed by atoms with Crippen molar-refractivity contribution in [3.63, 3.8) is 0 Å². The molecule has 1 heterocycles. The molecule has 2 rings (SSSR count). The van der Waals surface area contributed by atoms with E-state index in [4.69, 9.17) is 5.26 Å². The highest BCUT2D eigenvalue weighted by Gasteiger charge is 2.29. The van der Waals surface area contributed by atoms with Crippen LogP contribution in [0.2, 0.25) is 0 Å². The van der Waals surface area contributed by atoms with Crippen molar-refractivity contribution in [2.45, 2.75) is 18.9 Å². The van der Waals surface area contributed by atoms with Gasteiger partial charge < -0.3 is 4.90 Å². The molecule has 1 aromatic rings. The molecule has 18 heavy (non-hydrogen) atoms. The van der Waals surface area contributed by atoms with Crippen LogP contribution in [0.4, 0.5) is 5.69 Å². The second-order valence-electron chi connectivity index (χ2n) is 4.09. The molecule has 1 amide bonds. The van der Waals surface area contributed by atoms with Crippen LogP contribution in [0.1, 0.15) is 23.2 Å². The van der Waals surface area contributed by atoms with Gasteiger partial charge in [0.25, 0.3) is 11.6 Å². The van der Waals surface area contributed by atoms with Gasteiger partial charge in [-0.1, -0.05) is 6.07 Å². The Morgan fingerprint density at radius 3 is 3.00 bits per heavy atom. The maximum atomic E-state index is 12.1. The largest absolute Gasteiger partial charge is 0.323 e. The maximum Gasteiger partial charge on any atom is 0.270 e. The van der Waals surface area contributed by atoms with Crippen molar-refractivity contribution in [1.82, 2.24) is 4.90 Å². The van der Waals surface area contributed by atoms with E-state index in [2.05, 4.69) is 6.07 Å². The summed E-state index contributed by atoms with van der Waals surface area (Å²) in [6.07, 6.45) is 1.45. The molecule has 0 saturated carbocycles. The van der Waals surface area contributed by atoms with E-state index in [1.165, 1.54) is 29.2 Å².